The molecule has 5 rings (SSSR count). The molecule has 0 spiro atoms. The number of hydrogen-bond acceptors (Lipinski definition) is 6. The molecule has 0 unspecified atom stereocenters. The lowest BCUT2D eigenvalue weighted by atomic mass is 10.1. The molecule has 1 fully saturated rings. The fourth-order valence-electron chi connectivity index (χ4n) is 4.28. The van der Waals surface area contributed by atoms with Gasteiger partial charge in [0.25, 0.3) is 17.6 Å². The van der Waals surface area contributed by atoms with Gasteiger partial charge in [0.15, 0.2) is 0 Å². The standard InChI is InChI=1S/C20H24N8O2/c1-13-11-14(2)28-20(22-13)23-17(24-28)19(30)26-9-7-25(8-10-26)18(29)15-12-21-27-6-4-3-5-16(15)27/h11-12H,3-10H2,1-2H3. The minimum absolute atomic E-state index is 0.00593. The molecule has 156 valence electrons. The lowest BCUT2D eigenvalue weighted by molar-refractivity contribution is 0.0528. The summed E-state index contributed by atoms with van der Waals surface area (Å²) in [6.07, 6.45) is 4.79. The zero-order chi connectivity index (χ0) is 20.8. The van der Waals surface area contributed by atoms with Crippen LogP contribution < -0.4 is 0 Å². The predicted molar refractivity (Wildman–Crippen MR) is 107 cm³/mol. The van der Waals surface area contributed by atoms with Crippen molar-refractivity contribution in [1.29, 1.82) is 0 Å². The summed E-state index contributed by atoms with van der Waals surface area (Å²) in [5, 5.41) is 8.70. The Labute approximate surface area is 173 Å². The fourth-order valence-corrected chi connectivity index (χ4v) is 4.28. The molecule has 0 bridgehead atoms. The van der Waals surface area contributed by atoms with Crippen molar-refractivity contribution in [3.8, 4) is 0 Å². The van der Waals surface area contributed by atoms with Crippen LogP contribution >= 0.6 is 0 Å². The van der Waals surface area contributed by atoms with Crippen LogP contribution in [0.1, 0.15) is 50.9 Å². The van der Waals surface area contributed by atoms with Crippen molar-refractivity contribution in [3.05, 3.63) is 40.7 Å². The molecule has 0 saturated carbocycles. The Kier molecular flexibility index (Phi) is 4.48. The highest BCUT2D eigenvalue weighted by molar-refractivity contribution is 5.95. The highest BCUT2D eigenvalue weighted by atomic mass is 16.2. The van der Waals surface area contributed by atoms with Gasteiger partial charge in [0, 0.05) is 44.1 Å². The summed E-state index contributed by atoms with van der Waals surface area (Å²) >= 11 is 0. The van der Waals surface area contributed by atoms with Crippen LogP contribution in [0.3, 0.4) is 0 Å². The number of piperazine rings is 1. The zero-order valence-corrected chi connectivity index (χ0v) is 17.2. The van der Waals surface area contributed by atoms with Gasteiger partial charge in [0.1, 0.15) is 0 Å². The first-order valence-corrected chi connectivity index (χ1v) is 10.4. The van der Waals surface area contributed by atoms with Crippen molar-refractivity contribution >= 4 is 17.6 Å². The summed E-state index contributed by atoms with van der Waals surface area (Å²) in [5.74, 6) is 0.344. The summed E-state index contributed by atoms with van der Waals surface area (Å²) in [5.41, 5.74) is 3.45. The number of aryl methyl sites for hydroxylation is 3. The summed E-state index contributed by atoms with van der Waals surface area (Å²) in [6, 6.07) is 1.90. The van der Waals surface area contributed by atoms with Gasteiger partial charge < -0.3 is 9.80 Å². The van der Waals surface area contributed by atoms with E-state index in [1.807, 2.05) is 29.5 Å². The molecule has 2 aliphatic rings. The van der Waals surface area contributed by atoms with Crippen LogP contribution in [0.2, 0.25) is 0 Å². The van der Waals surface area contributed by atoms with Crippen LogP contribution in [0.5, 0.6) is 0 Å². The molecule has 0 aromatic carbocycles. The van der Waals surface area contributed by atoms with Crippen molar-refractivity contribution in [2.75, 3.05) is 26.2 Å². The molecular formula is C20H24N8O2. The van der Waals surface area contributed by atoms with Crippen LogP contribution in [0.25, 0.3) is 5.78 Å². The maximum absolute atomic E-state index is 13.0. The van der Waals surface area contributed by atoms with Crippen molar-refractivity contribution in [2.45, 2.75) is 39.7 Å². The zero-order valence-electron chi connectivity index (χ0n) is 17.2. The SMILES string of the molecule is Cc1cc(C)n2nc(C(=O)N3CCN(C(=O)c4cnn5c4CCCC5)CC3)nc2n1. The minimum Gasteiger partial charge on any atom is -0.335 e. The lowest BCUT2D eigenvalue weighted by Crippen LogP contribution is -2.51. The van der Waals surface area contributed by atoms with E-state index in [0.717, 1.165) is 42.9 Å². The van der Waals surface area contributed by atoms with Crippen LogP contribution in [-0.2, 0) is 13.0 Å². The minimum atomic E-state index is -0.229. The van der Waals surface area contributed by atoms with E-state index >= 15 is 0 Å². The molecule has 30 heavy (non-hydrogen) atoms. The fraction of sp³-hybridized carbons (Fsp3) is 0.500. The van der Waals surface area contributed by atoms with Gasteiger partial charge in [-0.2, -0.15) is 10.1 Å². The average molecular weight is 408 g/mol. The molecule has 2 aliphatic heterocycles. The highest BCUT2D eigenvalue weighted by Crippen LogP contribution is 2.20. The van der Waals surface area contributed by atoms with Crippen molar-refractivity contribution in [1.82, 2.24) is 39.2 Å². The number of aromatic nitrogens is 6. The van der Waals surface area contributed by atoms with E-state index < -0.39 is 0 Å². The van der Waals surface area contributed by atoms with Crippen molar-refractivity contribution in [2.24, 2.45) is 0 Å². The first-order valence-electron chi connectivity index (χ1n) is 10.4. The molecule has 3 aromatic heterocycles. The molecule has 10 nitrogen and oxygen atoms in total. The monoisotopic (exact) mass is 408 g/mol. The highest BCUT2D eigenvalue weighted by Gasteiger charge is 2.30. The summed E-state index contributed by atoms with van der Waals surface area (Å²) < 4.78 is 3.53. The second kappa shape index (κ2) is 7.19. The van der Waals surface area contributed by atoms with E-state index in [1.165, 1.54) is 0 Å². The average Bonchev–Trinajstić information content (AvgIpc) is 3.37. The van der Waals surface area contributed by atoms with E-state index in [1.54, 1.807) is 15.6 Å². The Morgan fingerprint density at radius 1 is 0.933 bits per heavy atom. The summed E-state index contributed by atoms with van der Waals surface area (Å²) in [6.45, 7) is 6.55. The Hall–Kier alpha value is -3.30. The van der Waals surface area contributed by atoms with E-state index in [4.69, 9.17) is 0 Å². The van der Waals surface area contributed by atoms with Crippen LogP contribution in [0, 0.1) is 13.8 Å². The number of nitrogens with zero attached hydrogens (tertiary/aromatic N) is 8. The Bertz CT molecular complexity index is 1140. The topological polar surface area (TPSA) is 102 Å². The van der Waals surface area contributed by atoms with E-state index in [-0.39, 0.29) is 17.6 Å². The number of hydrogen-bond donors (Lipinski definition) is 0. The molecule has 0 radical (unpaired) electrons. The van der Waals surface area contributed by atoms with Gasteiger partial charge in [-0.3, -0.25) is 14.3 Å². The Morgan fingerprint density at radius 3 is 2.43 bits per heavy atom. The largest absolute Gasteiger partial charge is 0.335 e. The smallest absolute Gasteiger partial charge is 0.293 e. The quantitative estimate of drug-likeness (QED) is 0.624. The third-order valence-corrected chi connectivity index (χ3v) is 5.88. The van der Waals surface area contributed by atoms with Gasteiger partial charge in [-0.1, -0.05) is 0 Å². The Balaban J connectivity index is 1.28. The predicted octanol–water partition coefficient (Wildman–Crippen LogP) is 0.872. The maximum atomic E-state index is 13.0. The molecule has 5 heterocycles. The van der Waals surface area contributed by atoms with Crippen molar-refractivity contribution in [3.63, 3.8) is 0 Å². The van der Waals surface area contributed by atoms with Crippen LogP contribution in [0.4, 0.5) is 0 Å². The molecule has 1 saturated heterocycles. The van der Waals surface area contributed by atoms with Gasteiger partial charge in [0.2, 0.25) is 5.82 Å². The van der Waals surface area contributed by atoms with Gasteiger partial charge in [0.05, 0.1) is 17.5 Å². The third kappa shape index (κ3) is 3.12. The Morgan fingerprint density at radius 2 is 1.67 bits per heavy atom. The molecule has 0 atom stereocenters. The lowest BCUT2D eigenvalue weighted by Gasteiger charge is -2.34. The van der Waals surface area contributed by atoms with Crippen molar-refractivity contribution < 1.29 is 9.59 Å². The van der Waals surface area contributed by atoms with Gasteiger partial charge in [-0.25, -0.2) is 9.50 Å². The molecular weight excluding hydrogens is 384 g/mol. The molecule has 2 amide bonds. The van der Waals surface area contributed by atoms with E-state index in [2.05, 4.69) is 20.2 Å². The van der Waals surface area contributed by atoms with Gasteiger partial charge >= 0.3 is 0 Å². The van der Waals surface area contributed by atoms with Gasteiger partial charge in [-0.05, 0) is 39.2 Å². The van der Waals surface area contributed by atoms with Crippen LogP contribution in [-0.4, -0.2) is 77.2 Å². The van der Waals surface area contributed by atoms with E-state index in [0.29, 0.717) is 37.5 Å². The van der Waals surface area contributed by atoms with E-state index in [9.17, 15) is 9.59 Å². The number of carbonyl (C=O) groups excluding carboxylic acids is 2. The number of amides is 2. The first kappa shape index (κ1) is 18.7. The number of carbonyl (C=O) groups is 2. The second-order valence-corrected chi connectivity index (χ2v) is 7.96. The molecule has 0 N–H and O–H groups in total. The summed E-state index contributed by atoms with van der Waals surface area (Å²) in [7, 11) is 0. The van der Waals surface area contributed by atoms with Gasteiger partial charge in [-0.15, -0.1) is 5.10 Å². The number of fused-ring (bicyclic) bond motifs is 2. The maximum Gasteiger partial charge on any atom is 0.293 e. The first-order chi connectivity index (χ1) is 14.5. The molecule has 0 aliphatic carbocycles. The molecule has 3 aromatic rings. The number of rotatable bonds is 2. The normalized spacial score (nSPS) is 16.7. The summed E-state index contributed by atoms with van der Waals surface area (Å²) in [4.78, 5) is 38.1. The molecule has 10 heteroatoms. The van der Waals surface area contributed by atoms with Crippen LogP contribution in [0.15, 0.2) is 12.3 Å². The third-order valence-electron chi connectivity index (χ3n) is 5.88. The second-order valence-electron chi connectivity index (χ2n) is 7.96.